The van der Waals surface area contributed by atoms with Crippen molar-refractivity contribution < 1.29 is 9.90 Å². The number of carbonyl (C=O) groups is 1. The van der Waals surface area contributed by atoms with E-state index in [0.29, 0.717) is 12.5 Å². The van der Waals surface area contributed by atoms with E-state index in [0.717, 1.165) is 18.8 Å². The summed E-state index contributed by atoms with van der Waals surface area (Å²) < 4.78 is 0. The normalized spacial score (nSPS) is 16.6. The number of hydrogen-bond donors (Lipinski definition) is 1. The molecule has 0 atom stereocenters. The van der Waals surface area contributed by atoms with Gasteiger partial charge in [0.2, 0.25) is 5.91 Å². The summed E-state index contributed by atoms with van der Waals surface area (Å²) >= 11 is 0. The molecule has 0 aliphatic carbocycles. The summed E-state index contributed by atoms with van der Waals surface area (Å²) in [5.74, 6) is 0.442. The second kappa shape index (κ2) is 5.29. The van der Waals surface area contributed by atoms with Crippen LogP contribution in [0.1, 0.15) is 0 Å². The molecule has 17 heavy (non-hydrogen) atoms. The van der Waals surface area contributed by atoms with Gasteiger partial charge in [0.25, 0.3) is 0 Å². The van der Waals surface area contributed by atoms with Crippen LogP contribution in [0, 0.1) is 5.92 Å². The summed E-state index contributed by atoms with van der Waals surface area (Å²) in [5, 5.41) is 8.90. The Morgan fingerprint density at radius 1 is 1.41 bits per heavy atom. The predicted octanol–water partition coefficient (Wildman–Crippen LogP) is 0.573. The van der Waals surface area contributed by atoms with E-state index in [9.17, 15) is 4.79 Å². The Labute approximate surface area is 101 Å². The Bertz CT molecular complexity index is 374. The molecule has 0 radical (unpaired) electrons. The van der Waals surface area contributed by atoms with Crippen molar-refractivity contribution >= 4 is 11.6 Å². The lowest BCUT2D eigenvalue weighted by molar-refractivity contribution is -0.121. The maximum atomic E-state index is 12.0. The molecule has 1 heterocycles. The molecule has 1 aliphatic heterocycles. The van der Waals surface area contributed by atoms with Crippen molar-refractivity contribution in [3.8, 4) is 0 Å². The van der Waals surface area contributed by atoms with Gasteiger partial charge in [-0.05, 0) is 12.1 Å². The molecular weight excluding hydrogens is 216 g/mol. The van der Waals surface area contributed by atoms with Gasteiger partial charge in [0.1, 0.15) is 0 Å². The van der Waals surface area contributed by atoms with E-state index >= 15 is 0 Å². The van der Waals surface area contributed by atoms with Gasteiger partial charge in [-0.1, -0.05) is 18.2 Å². The van der Waals surface area contributed by atoms with Gasteiger partial charge < -0.3 is 10.0 Å². The van der Waals surface area contributed by atoms with E-state index in [4.69, 9.17) is 5.11 Å². The second-order valence-electron chi connectivity index (χ2n) is 4.53. The van der Waals surface area contributed by atoms with Gasteiger partial charge in [-0.25, -0.2) is 0 Å². The second-order valence-corrected chi connectivity index (χ2v) is 4.53. The minimum atomic E-state index is 0.0904. The molecule has 1 aromatic carbocycles. The smallest absolute Gasteiger partial charge is 0.240 e. The number of benzene rings is 1. The van der Waals surface area contributed by atoms with Crippen LogP contribution in [0.4, 0.5) is 5.69 Å². The lowest BCUT2D eigenvalue weighted by Gasteiger charge is -2.38. The van der Waals surface area contributed by atoms with E-state index in [1.165, 1.54) is 0 Å². The number of likely N-dealkylation sites (N-methyl/N-ethyl adjacent to an activating group) is 1. The Hall–Kier alpha value is -1.39. The fourth-order valence-corrected chi connectivity index (χ4v) is 2.01. The van der Waals surface area contributed by atoms with Gasteiger partial charge in [-0.2, -0.15) is 0 Å². The third-order valence-electron chi connectivity index (χ3n) is 3.17. The topological polar surface area (TPSA) is 43.8 Å². The van der Waals surface area contributed by atoms with Gasteiger partial charge in [-0.15, -0.1) is 0 Å². The molecule has 4 nitrogen and oxygen atoms in total. The first-order chi connectivity index (χ1) is 8.20. The monoisotopic (exact) mass is 234 g/mol. The average molecular weight is 234 g/mol. The summed E-state index contributed by atoms with van der Waals surface area (Å²) in [5.41, 5.74) is 0.914. The molecule has 0 spiro atoms. The van der Waals surface area contributed by atoms with Crippen molar-refractivity contribution in [2.24, 2.45) is 5.92 Å². The first-order valence-corrected chi connectivity index (χ1v) is 5.85. The number of carbonyl (C=O) groups excluding carboxylic acids is 1. The van der Waals surface area contributed by atoms with Crippen LogP contribution in [-0.2, 0) is 4.79 Å². The van der Waals surface area contributed by atoms with E-state index in [-0.39, 0.29) is 12.5 Å². The van der Waals surface area contributed by atoms with Crippen molar-refractivity contribution in [2.45, 2.75) is 0 Å². The Morgan fingerprint density at radius 3 is 2.65 bits per heavy atom. The van der Waals surface area contributed by atoms with Crippen molar-refractivity contribution in [1.82, 2.24) is 4.90 Å². The van der Waals surface area contributed by atoms with Crippen LogP contribution < -0.4 is 4.90 Å². The molecule has 1 aromatic rings. The van der Waals surface area contributed by atoms with Gasteiger partial charge in [0.05, 0.1) is 6.54 Å². The third kappa shape index (κ3) is 2.84. The van der Waals surface area contributed by atoms with Crippen LogP contribution in [-0.4, -0.2) is 49.2 Å². The molecule has 1 N–H and O–H groups in total. The summed E-state index contributed by atoms with van der Waals surface area (Å²) in [6.07, 6.45) is 0. The lowest BCUT2D eigenvalue weighted by Crippen LogP contribution is -2.52. The largest absolute Gasteiger partial charge is 0.396 e. The van der Waals surface area contributed by atoms with Crippen molar-refractivity contribution in [2.75, 3.05) is 38.2 Å². The van der Waals surface area contributed by atoms with Crippen LogP contribution in [0.2, 0.25) is 0 Å². The summed E-state index contributed by atoms with van der Waals surface area (Å²) in [4.78, 5) is 15.7. The van der Waals surface area contributed by atoms with Gasteiger partial charge >= 0.3 is 0 Å². The maximum Gasteiger partial charge on any atom is 0.240 e. The number of aliphatic hydroxyl groups excluding tert-OH is 1. The quantitative estimate of drug-likeness (QED) is 0.828. The third-order valence-corrected chi connectivity index (χ3v) is 3.17. The van der Waals surface area contributed by atoms with Gasteiger partial charge in [0.15, 0.2) is 0 Å². The van der Waals surface area contributed by atoms with Crippen LogP contribution >= 0.6 is 0 Å². The molecule has 1 saturated heterocycles. The molecule has 2 rings (SSSR count). The minimum Gasteiger partial charge on any atom is -0.396 e. The number of likely N-dealkylation sites (tertiary alicyclic amines) is 1. The van der Waals surface area contributed by atoms with Crippen molar-refractivity contribution in [3.63, 3.8) is 0 Å². The number of nitrogens with zero attached hydrogens (tertiary/aromatic N) is 2. The number of amides is 1. The van der Waals surface area contributed by atoms with E-state index < -0.39 is 0 Å². The fourth-order valence-electron chi connectivity index (χ4n) is 2.01. The van der Waals surface area contributed by atoms with Crippen LogP contribution in [0.25, 0.3) is 0 Å². The molecule has 0 aromatic heterocycles. The van der Waals surface area contributed by atoms with Crippen LogP contribution in [0.5, 0.6) is 0 Å². The number of rotatable bonds is 4. The highest BCUT2D eigenvalue weighted by Crippen LogP contribution is 2.16. The number of hydrogen-bond acceptors (Lipinski definition) is 3. The molecule has 0 bridgehead atoms. The number of para-hydroxylation sites is 1. The van der Waals surface area contributed by atoms with Crippen molar-refractivity contribution in [3.05, 3.63) is 30.3 Å². The summed E-state index contributed by atoms with van der Waals surface area (Å²) in [6.45, 7) is 2.30. The van der Waals surface area contributed by atoms with Crippen molar-refractivity contribution in [1.29, 1.82) is 0 Å². The first kappa shape index (κ1) is 12.1. The zero-order valence-electron chi connectivity index (χ0n) is 10.0. The average Bonchev–Trinajstić information content (AvgIpc) is 2.33. The number of anilines is 1. The summed E-state index contributed by atoms with van der Waals surface area (Å²) in [6, 6.07) is 9.62. The Balaban J connectivity index is 1.85. The molecule has 92 valence electrons. The molecule has 1 amide bonds. The maximum absolute atomic E-state index is 12.0. The Morgan fingerprint density at radius 2 is 2.06 bits per heavy atom. The fraction of sp³-hybridized carbons (Fsp3) is 0.462. The standard InChI is InChI=1S/C13H18N2O2/c1-14(12-5-3-2-4-6-12)13(17)9-15-7-11(8-15)10-16/h2-6,11,16H,7-10H2,1H3. The molecule has 1 fully saturated rings. The highest BCUT2D eigenvalue weighted by molar-refractivity contribution is 5.94. The minimum absolute atomic E-state index is 0.0904. The molecule has 0 unspecified atom stereocenters. The number of aliphatic hydroxyl groups is 1. The van der Waals surface area contributed by atoms with Gasteiger partial charge in [-0.3, -0.25) is 9.69 Å². The van der Waals surface area contributed by atoms with E-state index in [2.05, 4.69) is 4.90 Å². The molecular formula is C13H18N2O2. The molecule has 0 saturated carbocycles. The SMILES string of the molecule is CN(C(=O)CN1CC(CO)C1)c1ccccc1. The van der Waals surface area contributed by atoms with E-state index in [1.807, 2.05) is 30.3 Å². The van der Waals surface area contributed by atoms with Crippen LogP contribution in [0.3, 0.4) is 0 Å². The van der Waals surface area contributed by atoms with Crippen LogP contribution in [0.15, 0.2) is 30.3 Å². The zero-order chi connectivity index (χ0) is 12.3. The predicted molar refractivity (Wildman–Crippen MR) is 66.9 cm³/mol. The van der Waals surface area contributed by atoms with E-state index in [1.54, 1.807) is 11.9 Å². The molecule has 1 aliphatic rings. The summed E-state index contributed by atoms with van der Waals surface area (Å²) in [7, 11) is 1.79. The lowest BCUT2D eigenvalue weighted by atomic mass is 10.0. The highest BCUT2D eigenvalue weighted by Gasteiger charge is 2.28. The zero-order valence-corrected chi connectivity index (χ0v) is 10.0. The van der Waals surface area contributed by atoms with Gasteiger partial charge in [0, 0.05) is 38.3 Å². The Kier molecular flexibility index (Phi) is 3.76. The molecule has 4 heteroatoms. The first-order valence-electron chi connectivity index (χ1n) is 5.85. The highest BCUT2D eigenvalue weighted by atomic mass is 16.3.